The van der Waals surface area contributed by atoms with E-state index in [-0.39, 0.29) is 98.9 Å². The number of benzene rings is 5. The second-order valence-corrected chi connectivity index (χ2v) is 15.3. The third-order valence-corrected chi connectivity index (χ3v) is 11.2. The van der Waals surface area contributed by atoms with Gasteiger partial charge in [0.15, 0.2) is 0 Å². The van der Waals surface area contributed by atoms with Crippen molar-refractivity contribution in [2.45, 2.75) is 52.4 Å². The van der Waals surface area contributed by atoms with Crippen molar-refractivity contribution in [3.63, 3.8) is 0 Å². The summed E-state index contributed by atoms with van der Waals surface area (Å²) >= 11 is 0. The molecular weight excluding hydrogens is 854 g/mol. The molecule has 0 saturated heterocycles. The minimum Gasteiger partial charge on any atom is -1.00 e. The third-order valence-electron chi connectivity index (χ3n) is 11.2. The zero-order chi connectivity index (χ0) is 35.0. The van der Waals surface area contributed by atoms with Crippen molar-refractivity contribution in [2.75, 3.05) is 0 Å². The maximum Gasteiger partial charge on any atom is 4.00 e. The van der Waals surface area contributed by atoms with E-state index in [4.69, 9.17) is 0 Å². The summed E-state index contributed by atoms with van der Waals surface area (Å²) in [7, 11) is 0. The molecule has 3 atom stereocenters. The van der Waals surface area contributed by atoms with Crippen molar-refractivity contribution < 1.29 is 77.2 Å². The van der Waals surface area contributed by atoms with Crippen LogP contribution in [0.3, 0.4) is 0 Å². The largest absolute Gasteiger partial charge is 4.00 e. The Morgan fingerprint density at radius 2 is 0.907 bits per heavy atom. The van der Waals surface area contributed by atoms with Gasteiger partial charge in [-0.15, -0.1) is 65.3 Å². The number of rotatable bonds is 2. The predicted molar refractivity (Wildman–Crippen MR) is 210 cm³/mol. The summed E-state index contributed by atoms with van der Waals surface area (Å²) in [5.41, 5.74) is 13.3. The van der Waals surface area contributed by atoms with Gasteiger partial charge < -0.3 is 24.8 Å². The van der Waals surface area contributed by atoms with Crippen LogP contribution in [0, 0.1) is 29.1 Å². The Balaban J connectivity index is 0.000000210. The van der Waals surface area contributed by atoms with Crippen molar-refractivity contribution >= 4 is 11.6 Å². The molecule has 4 heteroatoms. The van der Waals surface area contributed by atoms with E-state index >= 15 is 0 Å². The Kier molecular flexibility index (Phi) is 15.5. The number of hydrogen-bond donors (Lipinski definition) is 0. The topological polar surface area (TPSA) is 0 Å². The van der Waals surface area contributed by atoms with E-state index in [0.717, 1.165) is 0 Å². The second kappa shape index (κ2) is 18.4. The van der Waals surface area contributed by atoms with Crippen molar-refractivity contribution in [3.8, 4) is 0 Å². The molecule has 4 aliphatic rings. The third kappa shape index (κ3) is 8.74. The fourth-order valence-corrected chi connectivity index (χ4v) is 7.29. The standard InChI is InChI=1S/C18H19.2C16H13.2ClH.2Zr/c1-17(2,3)18(4)10-9-14-11-13-7-5-6-8-15(13)16(14)12-18;2*1-16(14-8-3-2-4-9-14)12-11-13-7-5-6-10-15(13)16;;;;/h5-8,10-12H,1-4H3;2*2-10,12H,1H3;2*1H;;/q3*-1;;;2*+4/p-2. The van der Waals surface area contributed by atoms with Crippen LogP contribution in [0.2, 0.25) is 0 Å². The van der Waals surface area contributed by atoms with Gasteiger partial charge in [0.05, 0.1) is 0 Å². The van der Waals surface area contributed by atoms with E-state index in [1.54, 1.807) is 0 Å². The first-order chi connectivity index (χ1) is 24.0. The SMILES string of the molecule is CC(C)(C)C1(C)C=[C-]C2=Cc3ccccc3C2=C1.CC1(c2ccccc2)C=[C-]c2ccccc21.CC1(c2ccccc2)C=[C-]c2ccccc21.[Cl-].[Cl-].[Zr+4].[Zr+4]. The first-order valence-corrected chi connectivity index (χ1v) is 17.7. The first-order valence-electron chi connectivity index (χ1n) is 17.7. The molecule has 0 nitrogen and oxygen atoms in total. The van der Waals surface area contributed by atoms with Gasteiger partial charge in [-0.05, 0) is 32.8 Å². The molecule has 0 aliphatic heterocycles. The van der Waals surface area contributed by atoms with Gasteiger partial charge in [-0.25, -0.2) is 0 Å². The number of halogens is 2. The van der Waals surface area contributed by atoms with E-state index in [1.165, 1.54) is 55.7 Å². The molecule has 5 aromatic carbocycles. The minimum atomic E-state index is -0.0160. The molecule has 3 unspecified atom stereocenters. The molecule has 264 valence electrons. The van der Waals surface area contributed by atoms with Crippen LogP contribution in [-0.4, -0.2) is 0 Å². The Hall–Kier alpha value is -2.85. The van der Waals surface area contributed by atoms with Gasteiger partial charge in [0.25, 0.3) is 0 Å². The Morgan fingerprint density at radius 3 is 1.39 bits per heavy atom. The maximum atomic E-state index is 3.49. The van der Waals surface area contributed by atoms with Gasteiger partial charge >= 0.3 is 52.4 Å². The van der Waals surface area contributed by atoms with Crippen molar-refractivity contribution in [3.05, 3.63) is 226 Å². The van der Waals surface area contributed by atoms with Gasteiger partial charge in [-0.2, -0.15) is 53.1 Å². The summed E-state index contributed by atoms with van der Waals surface area (Å²) in [6.45, 7) is 13.7. The van der Waals surface area contributed by atoms with Crippen LogP contribution < -0.4 is 24.8 Å². The quantitative estimate of drug-likeness (QED) is 0.182. The van der Waals surface area contributed by atoms with E-state index in [1.807, 2.05) is 0 Å². The smallest absolute Gasteiger partial charge is 1.00 e. The molecule has 0 fully saturated rings. The average Bonchev–Trinajstić information content (AvgIpc) is 3.81. The van der Waals surface area contributed by atoms with Gasteiger partial charge in [-0.1, -0.05) is 150 Å². The van der Waals surface area contributed by atoms with Gasteiger partial charge in [0.2, 0.25) is 0 Å². The van der Waals surface area contributed by atoms with Crippen LogP contribution in [0.15, 0.2) is 163 Å². The first kappa shape index (κ1) is 45.5. The van der Waals surface area contributed by atoms with E-state index in [0.29, 0.717) is 0 Å². The molecule has 0 amide bonds. The predicted octanol–water partition coefficient (Wildman–Crippen LogP) is 6.32. The van der Waals surface area contributed by atoms with Crippen LogP contribution in [0.5, 0.6) is 0 Å². The second-order valence-electron chi connectivity index (χ2n) is 15.3. The van der Waals surface area contributed by atoms with Crippen molar-refractivity contribution in [1.82, 2.24) is 0 Å². The number of allylic oxidation sites excluding steroid dienone is 7. The summed E-state index contributed by atoms with van der Waals surface area (Å²) in [5.74, 6) is 0. The fourth-order valence-electron chi connectivity index (χ4n) is 7.29. The van der Waals surface area contributed by atoms with Crippen LogP contribution in [0.25, 0.3) is 11.6 Å². The summed E-state index contributed by atoms with van der Waals surface area (Å²) in [6.07, 6.45) is 21.5. The monoisotopic (exact) mass is 895 g/mol. The molecule has 54 heavy (non-hydrogen) atoms. The Bertz CT molecular complexity index is 2090. The van der Waals surface area contributed by atoms with E-state index in [2.05, 4.69) is 224 Å². The summed E-state index contributed by atoms with van der Waals surface area (Å²) in [4.78, 5) is 0. The molecule has 0 radical (unpaired) electrons. The molecule has 0 heterocycles. The number of hydrogen-bond acceptors (Lipinski definition) is 0. The molecule has 5 aromatic rings. The molecule has 0 N–H and O–H groups in total. The van der Waals surface area contributed by atoms with Crippen molar-refractivity contribution in [1.29, 1.82) is 0 Å². The van der Waals surface area contributed by atoms with Crippen LogP contribution in [-0.2, 0) is 63.2 Å². The molecule has 0 saturated carbocycles. The summed E-state index contributed by atoms with van der Waals surface area (Å²) < 4.78 is 0. The van der Waals surface area contributed by atoms with Gasteiger partial charge in [0, 0.05) is 0 Å². The van der Waals surface area contributed by atoms with Crippen LogP contribution in [0.4, 0.5) is 0 Å². The molecule has 0 bridgehead atoms. The minimum absolute atomic E-state index is 0. The molecule has 4 aliphatic carbocycles. The molecule has 9 rings (SSSR count). The Morgan fingerprint density at radius 1 is 0.481 bits per heavy atom. The van der Waals surface area contributed by atoms with Crippen LogP contribution in [0.1, 0.15) is 86.1 Å². The van der Waals surface area contributed by atoms with Crippen molar-refractivity contribution in [2.24, 2.45) is 10.8 Å². The molecular formula is C50H45Cl2Zr2+3. The maximum absolute atomic E-state index is 3.49. The summed E-state index contributed by atoms with van der Waals surface area (Å²) in [5, 5.41) is 0. The molecule has 0 aromatic heterocycles. The Labute approximate surface area is 374 Å². The molecule has 0 spiro atoms. The van der Waals surface area contributed by atoms with Gasteiger partial charge in [-0.3, -0.25) is 0 Å². The zero-order valence-electron chi connectivity index (χ0n) is 31.8. The number of fused-ring (bicyclic) bond motifs is 5. The summed E-state index contributed by atoms with van der Waals surface area (Å²) in [6, 6.07) is 46.8. The van der Waals surface area contributed by atoms with E-state index in [9.17, 15) is 0 Å². The average molecular weight is 899 g/mol. The zero-order valence-corrected chi connectivity index (χ0v) is 38.3. The van der Waals surface area contributed by atoms with E-state index < -0.39 is 0 Å². The fraction of sp³-hybridized carbons (Fsp3) is 0.200. The van der Waals surface area contributed by atoms with Crippen LogP contribution >= 0.6 is 0 Å². The normalized spacial score (nSPS) is 21.5. The van der Waals surface area contributed by atoms with Gasteiger partial charge in [0.1, 0.15) is 0 Å².